The summed E-state index contributed by atoms with van der Waals surface area (Å²) in [6.45, 7) is 1.40. The van der Waals surface area contributed by atoms with Crippen molar-refractivity contribution in [2.75, 3.05) is 11.4 Å². The van der Waals surface area contributed by atoms with E-state index in [1.54, 1.807) is 25.1 Å². The Hall–Kier alpha value is -1.43. The van der Waals surface area contributed by atoms with Gasteiger partial charge in [0.05, 0.1) is 13.2 Å². The molecule has 3 rings (SSSR count). The van der Waals surface area contributed by atoms with E-state index in [4.69, 9.17) is 23.2 Å². The van der Waals surface area contributed by atoms with Crippen LogP contribution in [0.5, 0.6) is 0 Å². The Morgan fingerprint density at radius 1 is 1.12 bits per heavy atom. The first kappa shape index (κ1) is 17.4. The summed E-state index contributed by atoms with van der Waals surface area (Å²) in [5.41, 5.74) is -0.241. The zero-order valence-electron chi connectivity index (χ0n) is 12.7. The zero-order chi connectivity index (χ0) is 17.7. The molecule has 7 heteroatoms. The highest BCUT2D eigenvalue weighted by Gasteiger charge is 2.71. The minimum absolute atomic E-state index is 0.0244. The van der Waals surface area contributed by atoms with Crippen LogP contribution >= 0.6 is 23.2 Å². The van der Waals surface area contributed by atoms with Crippen molar-refractivity contribution in [1.29, 1.82) is 0 Å². The Labute approximate surface area is 147 Å². The highest BCUT2D eigenvalue weighted by Crippen LogP contribution is 2.57. The van der Waals surface area contributed by atoms with Crippen LogP contribution in [-0.2, 0) is 12.1 Å². The number of alkyl halides is 3. The normalized spacial score (nSPS) is 20.4. The van der Waals surface area contributed by atoms with E-state index in [2.05, 4.69) is 0 Å². The first-order valence-electron chi connectivity index (χ1n) is 7.20. The van der Waals surface area contributed by atoms with E-state index >= 15 is 0 Å². The second kappa shape index (κ2) is 5.83. The summed E-state index contributed by atoms with van der Waals surface area (Å²) in [6.07, 6.45) is -4.48. The van der Waals surface area contributed by atoms with Crippen LogP contribution in [0.25, 0.3) is 0 Å². The second-order valence-electron chi connectivity index (χ2n) is 5.87. The van der Waals surface area contributed by atoms with Crippen molar-refractivity contribution in [2.45, 2.75) is 25.2 Å². The van der Waals surface area contributed by atoms with Gasteiger partial charge in [-0.3, -0.25) is 0 Å². The van der Waals surface area contributed by atoms with Crippen molar-refractivity contribution in [2.24, 2.45) is 0 Å². The minimum atomic E-state index is -4.48. The van der Waals surface area contributed by atoms with Gasteiger partial charge in [0.2, 0.25) is 0 Å². The molecule has 2 aromatic rings. The first-order valence-corrected chi connectivity index (χ1v) is 7.96. The standard InChI is InChI=1S/C17H14Cl2F3NO/c1-10-4-15(3-2-11(10)8-24)23-9-16(23,17(20,21)22)12-5-13(18)7-14(19)6-12/h2-7,24H,8-9H2,1H3. The molecule has 1 atom stereocenters. The third kappa shape index (κ3) is 2.75. The average Bonchev–Trinajstić information content (AvgIpc) is 3.22. The Kier molecular flexibility index (Phi) is 4.22. The molecule has 1 saturated heterocycles. The van der Waals surface area contributed by atoms with Crippen molar-refractivity contribution < 1.29 is 18.3 Å². The molecule has 2 nitrogen and oxygen atoms in total. The van der Waals surface area contributed by atoms with Gasteiger partial charge in [-0.2, -0.15) is 13.2 Å². The number of halogens is 5. The van der Waals surface area contributed by atoms with Crippen LogP contribution in [0.2, 0.25) is 10.0 Å². The number of aliphatic hydroxyl groups excluding tert-OH is 1. The summed E-state index contributed by atoms with van der Waals surface area (Å²) in [7, 11) is 0. The Bertz CT molecular complexity index is 774. The molecule has 0 spiro atoms. The Balaban J connectivity index is 2.07. The van der Waals surface area contributed by atoms with E-state index < -0.39 is 11.7 Å². The van der Waals surface area contributed by atoms with E-state index in [0.717, 1.165) is 5.56 Å². The molecule has 1 unspecified atom stereocenters. The summed E-state index contributed by atoms with van der Waals surface area (Å²) in [5.74, 6) is 0. The molecule has 1 aliphatic rings. The number of anilines is 1. The van der Waals surface area contributed by atoms with Crippen molar-refractivity contribution >= 4 is 28.9 Å². The fourth-order valence-electron chi connectivity index (χ4n) is 2.98. The van der Waals surface area contributed by atoms with Gasteiger partial charge in [-0.25, -0.2) is 0 Å². The van der Waals surface area contributed by atoms with Crippen molar-refractivity contribution in [3.63, 3.8) is 0 Å². The van der Waals surface area contributed by atoms with Gasteiger partial charge < -0.3 is 10.0 Å². The number of aryl methyl sites for hydroxylation is 1. The lowest BCUT2D eigenvalue weighted by molar-refractivity contribution is -0.158. The Morgan fingerprint density at radius 2 is 1.75 bits per heavy atom. The molecule has 1 fully saturated rings. The van der Waals surface area contributed by atoms with E-state index in [-0.39, 0.29) is 28.8 Å². The number of hydrogen-bond donors (Lipinski definition) is 1. The molecule has 128 valence electrons. The van der Waals surface area contributed by atoms with Crippen LogP contribution in [0.15, 0.2) is 36.4 Å². The van der Waals surface area contributed by atoms with Crippen LogP contribution in [0.1, 0.15) is 16.7 Å². The summed E-state index contributed by atoms with van der Waals surface area (Å²) in [6, 6.07) is 8.87. The highest BCUT2D eigenvalue weighted by molar-refractivity contribution is 6.34. The van der Waals surface area contributed by atoms with Crippen LogP contribution in [-0.4, -0.2) is 17.8 Å². The van der Waals surface area contributed by atoms with Crippen molar-refractivity contribution in [1.82, 2.24) is 0 Å². The molecule has 1 N–H and O–H groups in total. The number of aliphatic hydroxyl groups is 1. The Morgan fingerprint density at radius 3 is 2.25 bits per heavy atom. The van der Waals surface area contributed by atoms with E-state index in [1.807, 2.05) is 0 Å². The van der Waals surface area contributed by atoms with Gasteiger partial charge in [-0.1, -0.05) is 29.3 Å². The van der Waals surface area contributed by atoms with Gasteiger partial charge in [-0.05, 0) is 53.9 Å². The lowest BCUT2D eigenvalue weighted by atomic mass is 9.98. The van der Waals surface area contributed by atoms with E-state index in [9.17, 15) is 18.3 Å². The molecule has 24 heavy (non-hydrogen) atoms. The van der Waals surface area contributed by atoms with Crippen LogP contribution < -0.4 is 4.90 Å². The monoisotopic (exact) mass is 375 g/mol. The summed E-state index contributed by atoms with van der Waals surface area (Å²) >= 11 is 11.8. The predicted octanol–water partition coefficient (Wildman–Crippen LogP) is 5.07. The van der Waals surface area contributed by atoms with Gasteiger partial charge in [-0.15, -0.1) is 0 Å². The molecule has 0 aliphatic carbocycles. The predicted molar refractivity (Wildman–Crippen MR) is 88.6 cm³/mol. The van der Waals surface area contributed by atoms with E-state index in [0.29, 0.717) is 11.3 Å². The molecule has 0 radical (unpaired) electrons. The lowest BCUT2D eigenvalue weighted by Gasteiger charge is -2.23. The first-order chi connectivity index (χ1) is 11.2. The molecule has 1 aliphatic heterocycles. The third-order valence-electron chi connectivity index (χ3n) is 4.36. The van der Waals surface area contributed by atoms with Crippen molar-refractivity contribution in [3.8, 4) is 0 Å². The van der Waals surface area contributed by atoms with E-state index in [1.165, 1.54) is 23.1 Å². The molecule has 2 aromatic carbocycles. The van der Waals surface area contributed by atoms with Gasteiger partial charge in [0.25, 0.3) is 0 Å². The van der Waals surface area contributed by atoms with Gasteiger partial charge in [0, 0.05) is 15.7 Å². The maximum Gasteiger partial charge on any atom is 0.417 e. The fraction of sp³-hybridized carbons (Fsp3) is 0.294. The van der Waals surface area contributed by atoms with Gasteiger partial charge in [0.1, 0.15) is 0 Å². The molecule has 0 amide bonds. The zero-order valence-corrected chi connectivity index (χ0v) is 14.2. The fourth-order valence-corrected chi connectivity index (χ4v) is 3.50. The number of rotatable bonds is 3. The number of nitrogens with zero attached hydrogens (tertiary/aromatic N) is 1. The average molecular weight is 376 g/mol. The molecule has 0 aromatic heterocycles. The SMILES string of the molecule is Cc1cc(N2CC2(c2cc(Cl)cc(Cl)c2)C(F)(F)F)ccc1CO. The van der Waals surface area contributed by atoms with Gasteiger partial charge >= 0.3 is 6.18 Å². The molecular weight excluding hydrogens is 362 g/mol. The largest absolute Gasteiger partial charge is 0.417 e. The van der Waals surface area contributed by atoms with Gasteiger partial charge in [0.15, 0.2) is 5.54 Å². The lowest BCUT2D eigenvalue weighted by Crippen LogP contribution is -2.34. The second-order valence-corrected chi connectivity index (χ2v) is 6.74. The molecule has 0 bridgehead atoms. The summed E-state index contributed by atoms with van der Waals surface area (Å²) in [5, 5.41) is 9.54. The quantitative estimate of drug-likeness (QED) is 0.756. The number of benzene rings is 2. The summed E-state index contributed by atoms with van der Waals surface area (Å²) < 4.78 is 41.6. The van der Waals surface area contributed by atoms with Crippen LogP contribution in [0, 0.1) is 6.92 Å². The minimum Gasteiger partial charge on any atom is -0.392 e. The summed E-state index contributed by atoms with van der Waals surface area (Å²) in [4.78, 5) is 1.27. The topological polar surface area (TPSA) is 23.2 Å². The molecule has 0 saturated carbocycles. The van der Waals surface area contributed by atoms with Crippen LogP contribution in [0.3, 0.4) is 0 Å². The third-order valence-corrected chi connectivity index (χ3v) is 4.80. The number of hydrogen-bond acceptors (Lipinski definition) is 2. The molecule has 1 heterocycles. The molecular formula is C17H14Cl2F3NO. The van der Waals surface area contributed by atoms with Crippen molar-refractivity contribution in [3.05, 3.63) is 63.1 Å². The highest BCUT2D eigenvalue weighted by atomic mass is 35.5. The maximum atomic E-state index is 13.9. The van der Waals surface area contributed by atoms with Crippen LogP contribution in [0.4, 0.5) is 18.9 Å². The smallest absolute Gasteiger partial charge is 0.392 e. The maximum absolute atomic E-state index is 13.9.